The van der Waals surface area contributed by atoms with Crippen molar-refractivity contribution in [3.05, 3.63) is 36.0 Å². The molecule has 2 amide bonds. The van der Waals surface area contributed by atoms with Crippen LogP contribution in [0.5, 0.6) is 5.75 Å². The largest absolute Gasteiger partial charge is 0.492 e. The molecule has 1 saturated carbocycles. The minimum absolute atomic E-state index is 0.0530. The van der Waals surface area contributed by atoms with E-state index in [-0.39, 0.29) is 11.9 Å². The maximum atomic E-state index is 12.9. The van der Waals surface area contributed by atoms with E-state index in [9.17, 15) is 4.79 Å². The highest BCUT2D eigenvalue weighted by Gasteiger charge is 2.29. The van der Waals surface area contributed by atoms with Crippen molar-refractivity contribution in [1.29, 1.82) is 0 Å². The summed E-state index contributed by atoms with van der Waals surface area (Å²) in [7, 11) is 0. The zero-order valence-corrected chi connectivity index (χ0v) is 18.9. The van der Waals surface area contributed by atoms with Gasteiger partial charge < -0.3 is 24.2 Å². The molecule has 1 aromatic heterocycles. The average Bonchev–Trinajstić information content (AvgIpc) is 3.51. The van der Waals surface area contributed by atoms with Gasteiger partial charge in [0.1, 0.15) is 5.75 Å². The molecule has 2 aliphatic rings. The maximum absolute atomic E-state index is 12.9. The monoisotopic (exact) mass is 442 g/mol. The zero-order chi connectivity index (χ0) is 22.2. The summed E-state index contributed by atoms with van der Waals surface area (Å²) in [5.74, 6) is 2.74. The van der Waals surface area contributed by atoms with E-state index in [1.807, 2.05) is 36.1 Å². The number of amides is 2. The number of ether oxygens (including phenoxy) is 2. The number of benzene rings is 1. The molecule has 1 aliphatic heterocycles. The molecule has 0 spiro atoms. The van der Waals surface area contributed by atoms with Gasteiger partial charge in [0.25, 0.3) is 0 Å². The number of para-hydroxylation sites is 2. The number of aromatic nitrogens is 2. The SMILES string of the molecule is CCOc1ccccc1NC(=O)N1CCCC(c2nc(CCOCC3CCCC3)no2)C1. The molecule has 1 saturated heterocycles. The van der Waals surface area contributed by atoms with Crippen molar-refractivity contribution in [3.8, 4) is 5.75 Å². The minimum Gasteiger partial charge on any atom is -0.492 e. The molecular weight excluding hydrogens is 408 g/mol. The summed E-state index contributed by atoms with van der Waals surface area (Å²) < 4.78 is 17.0. The highest BCUT2D eigenvalue weighted by Crippen LogP contribution is 2.28. The van der Waals surface area contributed by atoms with Gasteiger partial charge >= 0.3 is 6.03 Å². The molecule has 2 fully saturated rings. The van der Waals surface area contributed by atoms with E-state index in [1.54, 1.807) is 0 Å². The Hall–Kier alpha value is -2.61. The standard InChI is InChI=1S/C24H34N4O4/c1-2-31-21-12-6-5-11-20(21)25-24(29)28-14-7-10-19(16-28)23-26-22(27-32-23)13-15-30-17-18-8-3-4-9-18/h5-6,11-12,18-19H,2-4,7-10,13-17H2,1H3,(H,25,29). The van der Waals surface area contributed by atoms with E-state index in [0.29, 0.717) is 55.9 Å². The lowest BCUT2D eigenvalue weighted by Crippen LogP contribution is -2.41. The molecular formula is C24H34N4O4. The van der Waals surface area contributed by atoms with Gasteiger partial charge in [-0.25, -0.2) is 4.79 Å². The topological polar surface area (TPSA) is 89.7 Å². The van der Waals surface area contributed by atoms with Crippen LogP contribution in [0.15, 0.2) is 28.8 Å². The summed E-state index contributed by atoms with van der Waals surface area (Å²) in [4.78, 5) is 19.3. The number of carbonyl (C=O) groups is 1. The van der Waals surface area contributed by atoms with Gasteiger partial charge in [-0.3, -0.25) is 0 Å². The molecule has 8 nitrogen and oxygen atoms in total. The summed E-state index contributed by atoms with van der Waals surface area (Å²) in [6.07, 6.45) is 7.72. The Balaban J connectivity index is 1.27. The fraction of sp³-hybridized carbons (Fsp3) is 0.625. The van der Waals surface area contributed by atoms with Crippen LogP contribution in [-0.4, -0.2) is 54.0 Å². The number of nitrogens with one attached hydrogen (secondary N) is 1. The van der Waals surface area contributed by atoms with Crippen LogP contribution >= 0.6 is 0 Å². The van der Waals surface area contributed by atoms with E-state index >= 15 is 0 Å². The van der Waals surface area contributed by atoms with E-state index < -0.39 is 0 Å². The Morgan fingerprint density at radius 3 is 2.91 bits per heavy atom. The highest BCUT2D eigenvalue weighted by molar-refractivity contribution is 5.91. The van der Waals surface area contributed by atoms with Crippen LogP contribution in [0.4, 0.5) is 10.5 Å². The average molecular weight is 443 g/mol. The fourth-order valence-electron chi connectivity index (χ4n) is 4.53. The van der Waals surface area contributed by atoms with Crippen LogP contribution in [0.2, 0.25) is 0 Å². The number of piperidine rings is 1. The summed E-state index contributed by atoms with van der Waals surface area (Å²) in [5.41, 5.74) is 0.680. The third-order valence-electron chi connectivity index (χ3n) is 6.27. The van der Waals surface area contributed by atoms with Gasteiger partial charge in [-0.15, -0.1) is 0 Å². The lowest BCUT2D eigenvalue weighted by molar-refractivity contribution is 0.102. The number of hydrogen-bond donors (Lipinski definition) is 1. The molecule has 4 rings (SSSR count). The van der Waals surface area contributed by atoms with Crippen molar-refractivity contribution < 1.29 is 18.8 Å². The first-order valence-corrected chi connectivity index (χ1v) is 11.9. The van der Waals surface area contributed by atoms with Gasteiger partial charge in [0.15, 0.2) is 5.82 Å². The number of nitrogens with zero attached hydrogens (tertiary/aromatic N) is 3. The highest BCUT2D eigenvalue weighted by atomic mass is 16.5. The Labute approximate surface area is 189 Å². The second-order valence-electron chi connectivity index (χ2n) is 8.67. The van der Waals surface area contributed by atoms with Gasteiger partial charge in [-0.05, 0) is 50.7 Å². The number of likely N-dealkylation sites (tertiary alicyclic amines) is 1. The van der Waals surface area contributed by atoms with Crippen molar-refractivity contribution in [2.24, 2.45) is 5.92 Å². The molecule has 0 radical (unpaired) electrons. The van der Waals surface area contributed by atoms with Crippen LogP contribution in [0, 0.1) is 5.92 Å². The van der Waals surface area contributed by atoms with E-state index in [1.165, 1.54) is 25.7 Å². The first kappa shape index (κ1) is 22.6. The number of anilines is 1. The van der Waals surface area contributed by atoms with Gasteiger partial charge in [0.2, 0.25) is 5.89 Å². The molecule has 2 aromatic rings. The molecule has 1 atom stereocenters. The van der Waals surface area contributed by atoms with Gasteiger partial charge in [0, 0.05) is 26.1 Å². The lowest BCUT2D eigenvalue weighted by atomic mass is 9.98. The Bertz CT molecular complexity index is 865. The Kier molecular flexibility index (Phi) is 7.98. The quantitative estimate of drug-likeness (QED) is 0.570. The predicted octanol–water partition coefficient (Wildman–Crippen LogP) is 4.63. The summed E-state index contributed by atoms with van der Waals surface area (Å²) >= 11 is 0. The summed E-state index contributed by atoms with van der Waals surface area (Å²) in [6.45, 7) is 5.19. The van der Waals surface area contributed by atoms with Crippen LogP contribution in [0.1, 0.15) is 63.1 Å². The van der Waals surface area contributed by atoms with Crippen molar-refractivity contribution in [3.63, 3.8) is 0 Å². The lowest BCUT2D eigenvalue weighted by Gasteiger charge is -2.31. The van der Waals surface area contributed by atoms with Crippen LogP contribution < -0.4 is 10.1 Å². The van der Waals surface area contributed by atoms with Gasteiger partial charge in [-0.2, -0.15) is 4.98 Å². The molecule has 1 N–H and O–H groups in total. The number of carbonyl (C=O) groups excluding carboxylic acids is 1. The smallest absolute Gasteiger partial charge is 0.321 e. The molecule has 174 valence electrons. The Morgan fingerprint density at radius 2 is 2.06 bits per heavy atom. The number of rotatable bonds is 9. The van der Waals surface area contributed by atoms with Gasteiger partial charge in [0.05, 0.1) is 24.8 Å². The third-order valence-corrected chi connectivity index (χ3v) is 6.27. The molecule has 1 unspecified atom stereocenters. The molecule has 1 aliphatic carbocycles. The van der Waals surface area contributed by atoms with E-state index in [0.717, 1.165) is 25.4 Å². The summed E-state index contributed by atoms with van der Waals surface area (Å²) in [5, 5.41) is 7.11. The van der Waals surface area contributed by atoms with Crippen molar-refractivity contribution in [1.82, 2.24) is 15.0 Å². The molecule has 2 heterocycles. The first-order chi connectivity index (χ1) is 15.7. The van der Waals surface area contributed by atoms with Crippen LogP contribution in [-0.2, 0) is 11.2 Å². The van der Waals surface area contributed by atoms with Crippen LogP contribution in [0.25, 0.3) is 0 Å². The zero-order valence-electron chi connectivity index (χ0n) is 18.9. The van der Waals surface area contributed by atoms with Gasteiger partial charge in [-0.1, -0.05) is 30.1 Å². The maximum Gasteiger partial charge on any atom is 0.321 e. The molecule has 8 heteroatoms. The van der Waals surface area contributed by atoms with Crippen LogP contribution in [0.3, 0.4) is 0 Å². The second-order valence-corrected chi connectivity index (χ2v) is 8.67. The first-order valence-electron chi connectivity index (χ1n) is 11.9. The molecule has 32 heavy (non-hydrogen) atoms. The predicted molar refractivity (Wildman–Crippen MR) is 121 cm³/mol. The van der Waals surface area contributed by atoms with Crippen molar-refractivity contribution >= 4 is 11.7 Å². The fourth-order valence-corrected chi connectivity index (χ4v) is 4.53. The minimum atomic E-state index is -0.137. The molecule has 0 bridgehead atoms. The van der Waals surface area contributed by atoms with Crippen molar-refractivity contribution in [2.75, 3.05) is 38.2 Å². The Morgan fingerprint density at radius 1 is 1.22 bits per heavy atom. The molecule has 1 aromatic carbocycles. The second kappa shape index (κ2) is 11.3. The number of urea groups is 1. The normalized spacial score (nSPS) is 19.3. The number of hydrogen-bond acceptors (Lipinski definition) is 6. The van der Waals surface area contributed by atoms with E-state index in [4.69, 9.17) is 14.0 Å². The van der Waals surface area contributed by atoms with E-state index in [2.05, 4.69) is 15.5 Å². The third kappa shape index (κ3) is 6.00. The summed E-state index contributed by atoms with van der Waals surface area (Å²) in [6, 6.07) is 7.35. The van der Waals surface area contributed by atoms with Crippen molar-refractivity contribution in [2.45, 2.75) is 57.8 Å².